The van der Waals surface area contributed by atoms with Gasteiger partial charge in [0.25, 0.3) is 0 Å². The SMILES string of the molecule is CCCCCCCCCCCCCCCCCCCCCCCCCCCCCCCCCCCCCCCCc1ccc(S(=O)(=O)[O-])cc1.[K+]. The van der Waals surface area contributed by atoms with E-state index in [1.54, 1.807) is 12.1 Å². The minimum absolute atomic E-state index is 0. The van der Waals surface area contributed by atoms with E-state index in [1.165, 1.54) is 250 Å². The van der Waals surface area contributed by atoms with Gasteiger partial charge >= 0.3 is 51.4 Å². The molecule has 0 aliphatic carbocycles. The van der Waals surface area contributed by atoms with Gasteiger partial charge in [-0.3, -0.25) is 0 Å². The van der Waals surface area contributed by atoms with Gasteiger partial charge in [0.05, 0.1) is 4.90 Å². The molecule has 0 saturated carbocycles. The van der Waals surface area contributed by atoms with Crippen LogP contribution < -0.4 is 51.4 Å². The topological polar surface area (TPSA) is 57.2 Å². The molecule has 0 radical (unpaired) electrons. The van der Waals surface area contributed by atoms with E-state index >= 15 is 0 Å². The van der Waals surface area contributed by atoms with Gasteiger partial charge in [-0.05, 0) is 30.5 Å². The van der Waals surface area contributed by atoms with Crippen LogP contribution in [0.15, 0.2) is 29.2 Å². The van der Waals surface area contributed by atoms with E-state index in [0.717, 1.165) is 18.4 Å². The monoisotopic (exact) mass is 757 g/mol. The van der Waals surface area contributed by atoms with E-state index in [1.807, 2.05) is 0 Å². The zero-order chi connectivity index (χ0) is 36.1. The molecule has 0 aromatic heterocycles. The summed E-state index contributed by atoms with van der Waals surface area (Å²) in [5, 5.41) is 0. The Labute approximate surface area is 363 Å². The maximum absolute atomic E-state index is 11.0. The summed E-state index contributed by atoms with van der Waals surface area (Å²) in [5.41, 5.74) is 1.11. The van der Waals surface area contributed by atoms with Crippen LogP contribution in [0.25, 0.3) is 0 Å². The third kappa shape index (κ3) is 37.5. The Bertz CT molecular complexity index is 917. The van der Waals surface area contributed by atoms with Crippen LogP contribution in [-0.2, 0) is 16.5 Å². The van der Waals surface area contributed by atoms with Crippen LogP contribution in [0.1, 0.15) is 256 Å². The summed E-state index contributed by atoms with van der Waals surface area (Å²) in [6.07, 6.45) is 55.3. The molecule has 0 amide bonds. The fraction of sp³-hybridized carbons (Fsp3) is 0.870. The third-order valence-corrected chi connectivity index (χ3v) is 11.9. The molecule has 0 spiro atoms. The summed E-state index contributed by atoms with van der Waals surface area (Å²) in [6.45, 7) is 2.30. The molecule has 0 unspecified atom stereocenters. The maximum Gasteiger partial charge on any atom is 1.00 e. The first-order valence-electron chi connectivity index (χ1n) is 22.6. The van der Waals surface area contributed by atoms with Crippen LogP contribution in [0.4, 0.5) is 0 Å². The van der Waals surface area contributed by atoms with Crippen molar-refractivity contribution in [1.82, 2.24) is 0 Å². The molecule has 0 saturated heterocycles. The minimum Gasteiger partial charge on any atom is -0.744 e. The van der Waals surface area contributed by atoms with E-state index in [4.69, 9.17) is 0 Å². The Hall–Kier alpha value is 0.766. The largest absolute Gasteiger partial charge is 1.00 e. The maximum atomic E-state index is 11.0. The molecule has 0 N–H and O–H groups in total. The van der Waals surface area contributed by atoms with Crippen LogP contribution in [0.5, 0.6) is 0 Å². The van der Waals surface area contributed by atoms with Crippen molar-refractivity contribution in [2.75, 3.05) is 0 Å². The molecule has 1 aromatic rings. The average molecular weight is 757 g/mol. The number of unbranched alkanes of at least 4 members (excludes halogenated alkanes) is 37. The molecular weight excluding hydrogens is 672 g/mol. The first kappa shape index (κ1) is 51.8. The second-order valence-electron chi connectivity index (χ2n) is 15.9. The van der Waals surface area contributed by atoms with E-state index in [2.05, 4.69) is 6.92 Å². The zero-order valence-electron chi connectivity index (χ0n) is 34.5. The van der Waals surface area contributed by atoms with Gasteiger partial charge in [0.2, 0.25) is 0 Å². The van der Waals surface area contributed by atoms with Crippen molar-refractivity contribution >= 4 is 10.1 Å². The number of aryl methyl sites for hydroxylation is 1. The molecule has 0 fully saturated rings. The Morgan fingerprint density at radius 2 is 0.549 bits per heavy atom. The van der Waals surface area contributed by atoms with Crippen molar-refractivity contribution in [3.8, 4) is 0 Å². The van der Waals surface area contributed by atoms with Gasteiger partial charge in [0, 0.05) is 0 Å². The van der Waals surface area contributed by atoms with Gasteiger partial charge in [-0.2, -0.15) is 0 Å². The van der Waals surface area contributed by atoms with Crippen molar-refractivity contribution in [2.45, 2.75) is 262 Å². The number of hydrogen-bond donors (Lipinski definition) is 0. The standard InChI is InChI=1S/C46H86O3S.K/c1-2-3-4-5-6-7-8-9-10-11-12-13-14-15-16-17-18-19-20-21-22-23-24-25-26-27-28-29-30-31-32-33-34-35-36-37-38-39-40-45-41-43-46(44-42-45)50(47,48)49;/h41-44H,2-40H2,1H3,(H,47,48,49);/q;+1/p-1. The van der Waals surface area contributed by atoms with E-state index < -0.39 is 10.1 Å². The Kier molecular flexibility index (Phi) is 41.0. The van der Waals surface area contributed by atoms with Crippen molar-refractivity contribution in [2.24, 2.45) is 0 Å². The Balaban J connectivity index is 0.0000250. The van der Waals surface area contributed by atoms with Crippen LogP contribution in [0, 0.1) is 0 Å². The predicted molar refractivity (Wildman–Crippen MR) is 219 cm³/mol. The van der Waals surface area contributed by atoms with Crippen LogP contribution >= 0.6 is 0 Å². The Morgan fingerprint density at radius 3 is 0.745 bits per heavy atom. The number of hydrogen-bond acceptors (Lipinski definition) is 3. The smallest absolute Gasteiger partial charge is 0.744 e. The summed E-state index contributed by atoms with van der Waals surface area (Å²) in [6, 6.07) is 6.41. The van der Waals surface area contributed by atoms with Crippen LogP contribution in [-0.4, -0.2) is 13.0 Å². The van der Waals surface area contributed by atoms with E-state index in [9.17, 15) is 13.0 Å². The van der Waals surface area contributed by atoms with Crippen LogP contribution in [0.3, 0.4) is 0 Å². The van der Waals surface area contributed by atoms with Gasteiger partial charge in [0.15, 0.2) is 0 Å². The van der Waals surface area contributed by atoms with Gasteiger partial charge < -0.3 is 4.55 Å². The number of benzene rings is 1. The molecule has 1 rings (SSSR count). The molecule has 0 heterocycles. The molecule has 0 aliphatic heterocycles. The third-order valence-electron chi connectivity index (χ3n) is 11.0. The van der Waals surface area contributed by atoms with Crippen LogP contribution in [0.2, 0.25) is 0 Å². The molecule has 294 valence electrons. The summed E-state index contributed by atoms with van der Waals surface area (Å²) >= 11 is 0. The van der Waals surface area contributed by atoms with Gasteiger partial charge in [0.1, 0.15) is 10.1 Å². The van der Waals surface area contributed by atoms with E-state index in [0.29, 0.717) is 0 Å². The number of rotatable bonds is 40. The summed E-state index contributed by atoms with van der Waals surface area (Å²) in [4.78, 5) is -0.131. The summed E-state index contributed by atoms with van der Waals surface area (Å²) in [5.74, 6) is 0. The van der Waals surface area contributed by atoms with Crippen molar-refractivity contribution in [1.29, 1.82) is 0 Å². The second-order valence-corrected chi connectivity index (χ2v) is 17.3. The first-order chi connectivity index (χ1) is 24.5. The second kappa shape index (κ2) is 40.4. The molecule has 0 atom stereocenters. The van der Waals surface area contributed by atoms with Gasteiger partial charge in [-0.1, -0.05) is 257 Å². The van der Waals surface area contributed by atoms with Crippen molar-refractivity contribution in [3.05, 3.63) is 29.8 Å². The molecule has 5 heteroatoms. The van der Waals surface area contributed by atoms with E-state index in [-0.39, 0.29) is 56.3 Å². The summed E-state index contributed by atoms with van der Waals surface area (Å²) in [7, 11) is -4.33. The summed E-state index contributed by atoms with van der Waals surface area (Å²) < 4.78 is 33.0. The van der Waals surface area contributed by atoms with Gasteiger partial charge in [-0.25, -0.2) is 8.42 Å². The molecular formula is C46H85KO3S. The zero-order valence-corrected chi connectivity index (χ0v) is 38.5. The fourth-order valence-corrected chi connectivity index (χ4v) is 8.06. The molecule has 1 aromatic carbocycles. The van der Waals surface area contributed by atoms with Gasteiger partial charge in [-0.15, -0.1) is 0 Å². The molecule has 51 heavy (non-hydrogen) atoms. The Morgan fingerprint density at radius 1 is 0.353 bits per heavy atom. The van der Waals surface area contributed by atoms with Crippen molar-refractivity contribution in [3.63, 3.8) is 0 Å². The predicted octanol–water partition coefficient (Wildman–Crippen LogP) is 13.0. The first-order valence-corrected chi connectivity index (χ1v) is 24.0. The fourth-order valence-electron chi connectivity index (χ4n) is 7.59. The molecule has 0 bridgehead atoms. The van der Waals surface area contributed by atoms with Crippen molar-refractivity contribution < 1.29 is 64.4 Å². The molecule has 0 aliphatic rings. The normalized spacial score (nSPS) is 11.6. The minimum atomic E-state index is -4.33. The average Bonchev–Trinajstić information content (AvgIpc) is 3.11. The quantitative estimate of drug-likeness (QED) is 0.0381. The molecule has 3 nitrogen and oxygen atoms in total.